The second-order valence-electron chi connectivity index (χ2n) is 7.52. The highest BCUT2D eigenvalue weighted by Crippen LogP contribution is 2.50. The fraction of sp³-hybridized carbons (Fsp3) is 0.429. The third kappa shape index (κ3) is 3.35. The first-order chi connectivity index (χ1) is 13.7. The number of amides is 2. The number of fused-ring (bicyclic) bond motifs is 1. The Balaban J connectivity index is 1.14. The summed E-state index contributed by atoms with van der Waals surface area (Å²) in [6.07, 6.45) is 1.34. The van der Waals surface area contributed by atoms with Gasteiger partial charge in [-0.15, -0.1) is 11.3 Å². The first-order valence-corrected chi connectivity index (χ1v) is 10.6. The predicted octanol–water partition coefficient (Wildman–Crippen LogP) is 2.49. The average molecular weight is 398 g/mol. The van der Waals surface area contributed by atoms with Crippen LogP contribution in [0.3, 0.4) is 0 Å². The first-order valence-electron chi connectivity index (χ1n) is 9.67. The van der Waals surface area contributed by atoms with Gasteiger partial charge in [-0.3, -0.25) is 9.59 Å². The molecule has 2 amide bonds. The molecule has 2 fully saturated rings. The van der Waals surface area contributed by atoms with Crippen molar-refractivity contribution in [3.63, 3.8) is 0 Å². The minimum Gasteiger partial charge on any atom is -0.454 e. The Morgan fingerprint density at radius 2 is 1.82 bits per heavy atom. The zero-order valence-corrected chi connectivity index (χ0v) is 16.3. The van der Waals surface area contributed by atoms with Gasteiger partial charge in [0, 0.05) is 37.0 Å². The molecule has 146 valence electrons. The van der Waals surface area contributed by atoms with Gasteiger partial charge in [0.25, 0.3) is 0 Å². The van der Waals surface area contributed by atoms with E-state index in [0.29, 0.717) is 32.6 Å². The highest BCUT2D eigenvalue weighted by molar-refractivity contribution is 7.10. The minimum absolute atomic E-state index is 0.0498. The standard InChI is InChI=1S/C21H22N2O4S/c24-20(11-15-2-1-9-28-15)22-5-7-23(8-6-22)21(25)17-12-16(17)14-3-4-18-19(10-14)27-13-26-18/h1-4,9-10,16-17H,5-8,11-13H2/t16-,17+/m0/s1. The third-order valence-corrected chi connectivity index (χ3v) is 6.66. The Morgan fingerprint density at radius 1 is 1.04 bits per heavy atom. The lowest BCUT2D eigenvalue weighted by Crippen LogP contribution is -2.51. The van der Waals surface area contributed by atoms with Crippen molar-refractivity contribution >= 4 is 23.2 Å². The van der Waals surface area contributed by atoms with Crippen molar-refractivity contribution < 1.29 is 19.1 Å². The van der Waals surface area contributed by atoms with Crippen molar-refractivity contribution in [2.75, 3.05) is 33.0 Å². The van der Waals surface area contributed by atoms with E-state index in [0.717, 1.165) is 28.4 Å². The Bertz CT molecular complexity index is 890. The SMILES string of the molecule is O=C(Cc1cccs1)N1CCN(C(=O)[C@@H]2C[C@H]2c2ccc3c(c2)OCO3)CC1. The predicted molar refractivity (Wildman–Crippen MR) is 105 cm³/mol. The van der Waals surface area contributed by atoms with E-state index in [4.69, 9.17) is 9.47 Å². The van der Waals surface area contributed by atoms with Crippen LogP contribution in [0.15, 0.2) is 35.7 Å². The fourth-order valence-corrected chi connectivity index (χ4v) is 4.76. The van der Waals surface area contributed by atoms with Crippen LogP contribution in [-0.2, 0) is 16.0 Å². The largest absolute Gasteiger partial charge is 0.454 e. The summed E-state index contributed by atoms with van der Waals surface area (Å²) in [4.78, 5) is 30.2. The molecule has 5 rings (SSSR count). The molecule has 2 aliphatic heterocycles. The zero-order chi connectivity index (χ0) is 19.1. The Hall–Kier alpha value is -2.54. The summed E-state index contributed by atoms with van der Waals surface area (Å²) in [7, 11) is 0. The van der Waals surface area contributed by atoms with Gasteiger partial charge in [0.1, 0.15) is 0 Å². The lowest BCUT2D eigenvalue weighted by atomic mass is 10.1. The van der Waals surface area contributed by atoms with E-state index in [2.05, 4.69) is 0 Å². The van der Waals surface area contributed by atoms with E-state index in [1.165, 1.54) is 0 Å². The van der Waals surface area contributed by atoms with Crippen molar-refractivity contribution in [3.8, 4) is 11.5 Å². The Kier molecular flexibility index (Phi) is 4.47. The summed E-state index contributed by atoms with van der Waals surface area (Å²) in [5.74, 6) is 2.23. The van der Waals surface area contributed by atoms with Gasteiger partial charge >= 0.3 is 0 Å². The van der Waals surface area contributed by atoms with E-state index >= 15 is 0 Å². The summed E-state index contributed by atoms with van der Waals surface area (Å²) in [6.45, 7) is 2.76. The second-order valence-corrected chi connectivity index (χ2v) is 8.56. The number of carbonyl (C=O) groups is 2. The number of ether oxygens (including phenoxy) is 2. The Labute approximate surface area is 167 Å². The third-order valence-electron chi connectivity index (χ3n) is 5.78. The van der Waals surface area contributed by atoms with E-state index in [1.807, 2.05) is 45.5 Å². The van der Waals surface area contributed by atoms with Crippen LogP contribution in [0, 0.1) is 5.92 Å². The number of carbonyl (C=O) groups excluding carboxylic acids is 2. The van der Waals surface area contributed by atoms with Crippen LogP contribution < -0.4 is 9.47 Å². The van der Waals surface area contributed by atoms with E-state index in [1.54, 1.807) is 11.3 Å². The smallest absolute Gasteiger partial charge is 0.231 e. The van der Waals surface area contributed by atoms with Crippen LogP contribution in [0.5, 0.6) is 11.5 Å². The minimum atomic E-state index is 0.0498. The van der Waals surface area contributed by atoms with Crippen LogP contribution in [0.1, 0.15) is 22.8 Å². The van der Waals surface area contributed by atoms with Crippen LogP contribution in [0.4, 0.5) is 0 Å². The number of benzene rings is 1. The summed E-state index contributed by atoms with van der Waals surface area (Å²) < 4.78 is 10.8. The summed E-state index contributed by atoms with van der Waals surface area (Å²) >= 11 is 1.61. The van der Waals surface area contributed by atoms with E-state index in [9.17, 15) is 9.59 Å². The molecule has 28 heavy (non-hydrogen) atoms. The lowest BCUT2D eigenvalue weighted by Gasteiger charge is -2.35. The quantitative estimate of drug-likeness (QED) is 0.794. The van der Waals surface area contributed by atoms with Gasteiger partial charge in [0.2, 0.25) is 18.6 Å². The van der Waals surface area contributed by atoms with Gasteiger partial charge in [0.05, 0.1) is 6.42 Å². The highest BCUT2D eigenvalue weighted by Gasteiger charge is 2.46. The van der Waals surface area contributed by atoms with Crippen molar-refractivity contribution in [2.45, 2.75) is 18.8 Å². The molecule has 1 saturated carbocycles. The second kappa shape index (κ2) is 7.13. The first kappa shape index (κ1) is 17.6. The van der Waals surface area contributed by atoms with Gasteiger partial charge in [0.15, 0.2) is 11.5 Å². The molecule has 1 aromatic carbocycles. The van der Waals surface area contributed by atoms with Gasteiger partial charge in [-0.2, -0.15) is 0 Å². The lowest BCUT2D eigenvalue weighted by molar-refractivity contribution is -0.140. The zero-order valence-electron chi connectivity index (χ0n) is 15.5. The average Bonchev–Trinajstić information content (AvgIpc) is 3.11. The molecule has 0 spiro atoms. The molecule has 2 atom stereocenters. The molecule has 3 aliphatic rings. The Morgan fingerprint density at radius 3 is 2.61 bits per heavy atom. The number of thiophene rings is 1. The number of hydrogen-bond donors (Lipinski definition) is 0. The van der Waals surface area contributed by atoms with E-state index in [-0.39, 0.29) is 30.4 Å². The normalized spacial score (nSPS) is 23.0. The molecular weight excluding hydrogens is 376 g/mol. The maximum absolute atomic E-state index is 12.9. The molecule has 0 radical (unpaired) electrons. The summed E-state index contributed by atoms with van der Waals surface area (Å²) in [5.41, 5.74) is 1.15. The van der Waals surface area contributed by atoms with Gasteiger partial charge in [-0.1, -0.05) is 12.1 Å². The molecule has 1 saturated heterocycles. The highest BCUT2D eigenvalue weighted by atomic mass is 32.1. The summed E-state index contributed by atoms with van der Waals surface area (Å²) in [6, 6.07) is 9.92. The number of rotatable bonds is 4. The van der Waals surface area contributed by atoms with E-state index < -0.39 is 0 Å². The molecule has 3 heterocycles. The molecule has 2 aromatic rings. The molecule has 0 unspecified atom stereocenters. The molecule has 6 nitrogen and oxygen atoms in total. The van der Waals surface area contributed by atoms with Crippen molar-refractivity contribution in [3.05, 3.63) is 46.2 Å². The molecule has 0 N–H and O–H groups in total. The number of piperazine rings is 1. The number of hydrogen-bond acceptors (Lipinski definition) is 5. The van der Waals surface area contributed by atoms with Crippen molar-refractivity contribution in [1.82, 2.24) is 9.80 Å². The molecule has 1 aliphatic carbocycles. The topological polar surface area (TPSA) is 59.1 Å². The van der Waals surface area contributed by atoms with Gasteiger partial charge < -0.3 is 19.3 Å². The summed E-state index contributed by atoms with van der Waals surface area (Å²) in [5, 5.41) is 1.99. The van der Waals surface area contributed by atoms with Crippen LogP contribution in [0.2, 0.25) is 0 Å². The maximum atomic E-state index is 12.9. The van der Waals surface area contributed by atoms with Gasteiger partial charge in [-0.05, 0) is 41.5 Å². The monoisotopic (exact) mass is 398 g/mol. The van der Waals surface area contributed by atoms with Crippen LogP contribution in [-0.4, -0.2) is 54.6 Å². The molecule has 1 aromatic heterocycles. The molecule has 7 heteroatoms. The molecule has 0 bridgehead atoms. The van der Waals surface area contributed by atoms with Crippen LogP contribution in [0.25, 0.3) is 0 Å². The fourth-order valence-electron chi connectivity index (χ4n) is 4.06. The van der Waals surface area contributed by atoms with Crippen molar-refractivity contribution in [2.24, 2.45) is 5.92 Å². The van der Waals surface area contributed by atoms with Crippen LogP contribution >= 0.6 is 11.3 Å². The molecular formula is C21H22N2O4S. The maximum Gasteiger partial charge on any atom is 0.231 e. The number of nitrogens with zero attached hydrogens (tertiary/aromatic N) is 2. The van der Waals surface area contributed by atoms with Crippen molar-refractivity contribution in [1.29, 1.82) is 0 Å². The van der Waals surface area contributed by atoms with Gasteiger partial charge in [-0.25, -0.2) is 0 Å².